The van der Waals surface area contributed by atoms with Crippen LogP contribution in [0.1, 0.15) is 30.1 Å². The Bertz CT molecular complexity index is 700. The Kier molecular flexibility index (Phi) is 4.14. The van der Waals surface area contributed by atoms with E-state index in [0.29, 0.717) is 5.69 Å². The fourth-order valence-corrected chi connectivity index (χ4v) is 2.98. The summed E-state index contributed by atoms with van der Waals surface area (Å²) in [4.78, 5) is 4.50. The zero-order valence-corrected chi connectivity index (χ0v) is 12.6. The fourth-order valence-electron chi connectivity index (χ4n) is 2.98. The molecule has 23 heavy (non-hydrogen) atoms. The molecule has 0 radical (unpaired) electrons. The molecule has 1 aliphatic rings. The number of aromatic nitrogens is 2. The van der Waals surface area contributed by atoms with Gasteiger partial charge in [-0.25, -0.2) is 9.37 Å². The number of halogens is 4. The number of rotatable bonds is 2. The quantitative estimate of drug-likeness (QED) is 0.852. The molecule has 1 aliphatic heterocycles. The molecule has 0 saturated carbocycles. The molecular formula is C16H17F4N3. The van der Waals surface area contributed by atoms with Gasteiger partial charge in [-0.1, -0.05) is 0 Å². The summed E-state index contributed by atoms with van der Waals surface area (Å²) in [7, 11) is 1.84. The molecule has 7 heteroatoms. The third-order valence-electron chi connectivity index (χ3n) is 4.18. The highest BCUT2D eigenvalue weighted by atomic mass is 19.4. The molecule has 1 aromatic heterocycles. The van der Waals surface area contributed by atoms with Crippen molar-refractivity contribution in [3.63, 3.8) is 0 Å². The summed E-state index contributed by atoms with van der Waals surface area (Å²) in [5.41, 5.74) is -0.551. The van der Waals surface area contributed by atoms with E-state index in [2.05, 4.69) is 10.3 Å². The molecule has 1 N–H and O–H groups in total. The van der Waals surface area contributed by atoms with Crippen LogP contribution >= 0.6 is 0 Å². The largest absolute Gasteiger partial charge is 0.419 e. The highest BCUT2D eigenvalue weighted by Crippen LogP contribution is 2.34. The molecule has 0 unspecified atom stereocenters. The van der Waals surface area contributed by atoms with E-state index >= 15 is 0 Å². The van der Waals surface area contributed by atoms with Gasteiger partial charge in [-0.15, -0.1) is 0 Å². The maximum absolute atomic E-state index is 13.4. The smallest absolute Gasteiger partial charge is 0.337 e. The van der Waals surface area contributed by atoms with Gasteiger partial charge in [0.25, 0.3) is 0 Å². The maximum atomic E-state index is 13.4. The number of alkyl halides is 3. The minimum Gasteiger partial charge on any atom is -0.337 e. The monoisotopic (exact) mass is 327 g/mol. The van der Waals surface area contributed by atoms with Crippen molar-refractivity contribution in [3.05, 3.63) is 41.6 Å². The number of aryl methyl sites for hydroxylation is 1. The molecule has 0 spiro atoms. The van der Waals surface area contributed by atoms with Crippen molar-refractivity contribution in [2.24, 2.45) is 7.05 Å². The standard InChI is InChI=1S/C16H17F4N3/c1-23-9-14(22-15(23)10-4-6-21-7-5-10)11-2-3-13(17)12(8-11)16(18,19)20/h2-3,8-10,21H,4-7H2,1H3. The molecule has 1 fully saturated rings. The third-order valence-corrected chi connectivity index (χ3v) is 4.18. The van der Waals surface area contributed by atoms with Gasteiger partial charge in [-0.3, -0.25) is 0 Å². The van der Waals surface area contributed by atoms with Crippen molar-refractivity contribution in [2.75, 3.05) is 13.1 Å². The topological polar surface area (TPSA) is 29.9 Å². The second-order valence-corrected chi connectivity index (χ2v) is 5.81. The van der Waals surface area contributed by atoms with Crippen molar-refractivity contribution >= 4 is 0 Å². The van der Waals surface area contributed by atoms with Crippen LogP contribution in [0.15, 0.2) is 24.4 Å². The molecule has 0 aliphatic carbocycles. The summed E-state index contributed by atoms with van der Waals surface area (Å²) < 4.78 is 53.8. The van der Waals surface area contributed by atoms with Gasteiger partial charge in [0, 0.05) is 24.7 Å². The van der Waals surface area contributed by atoms with Gasteiger partial charge in [0.2, 0.25) is 0 Å². The average Bonchev–Trinajstić information content (AvgIpc) is 2.89. The van der Waals surface area contributed by atoms with E-state index in [-0.39, 0.29) is 11.5 Å². The van der Waals surface area contributed by atoms with Crippen LogP contribution in [0.3, 0.4) is 0 Å². The average molecular weight is 327 g/mol. The lowest BCUT2D eigenvalue weighted by Gasteiger charge is -2.21. The van der Waals surface area contributed by atoms with Crippen LogP contribution in [0, 0.1) is 5.82 Å². The number of benzene rings is 1. The van der Waals surface area contributed by atoms with E-state index in [1.54, 1.807) is 6.20 Å². The molecule has 0 atom stereocenters. The molecule has 1 aromatic carbocycles. The number of hydrogen-bond donors (Lipinski definition) is 1. The zero-order valence-electron chi connectivity index (χ0n) is 12.6. The van der Waals surface area contributed by atoms with E-state index in [1.807, 2.05) is 11.6 Å². The van der Waals surface area contributed by atoms with Gasteiger partial charge in [-0.2, -0.15) is 13.2 Å². The second kappa shape index (κ2) is 5.96. The number of piperidine rings is 1. The van der Waals surface area contributed by atoms with Crippen molar-refractivity contribution in [3.8, 4) is 11.3 Å². The molecular weight excluding hydrogens is 310 g/mol. The fraction of sp³-hybridized carbons (Fsp3) is 0.438. The highest BCUT2D eigenvalue weighted by molar-refractivity contribution is 5.60. The first-order chi connectivity index (χ1) is 10.9. The Morgan fingerprint density at radius 3 is 2.57 bits per heavy atom. The highest BCUT2D eigenvalue weighted by Gasteiger charge is 2.34. The van der Waals surface area contributed by atoms with Gasteiger partial charge >= 0.3 is 6.18 Å². The summed E-state index contributed by atoms with van der Waals surface area (Å²) in [6, 6.07) is 3.00. The summed E-state index contributed by atoms with van der Waals surface area (Å²) in [6.07, 6.45) is -1.12. The number of nitrogens with one attached hydrogen (secondary N) is 1. The van der Waals surface area contributed by atoms with E-state index in [4.69, 9.17) is 0 Å². The first kappa shape index (κ1) is 16.0. The minimum absolute atomic E-state index is 0.273. The summed E-state index contributed by atoms with van der Waals surface area (Å²) in [6.45, 7) is 1.81. The Labute approximate surface area is 131 Å². The van der Waals surface area contributed by atoms with Gasteiger partial charge in [0.15, 0.2) is 0 Å². The molecule has 2 heterocycles. The summed E-state index contributed by atoms with van der Waals surface area (Å²) >= 11 is 0. The predicted molar refractivity (Wildman–Crippen MR) is 78.4 cm³/mol. The van der Waals surface area contributed by atoms with E-state index in [1.165, 1.54) is 6.07 Å². The van der Waals surface area contributed by atoms with Crippen molar-refractivity contribution < 1.29 is 17.6 Å². The van der Waals surface area contributed by atoms with Crippen molar-refractivity contribution in [1.82, 2.24) is 14.9 Å². The van der Waals surface area contributed by atoms with E-state index in [0.717, 1.165) is 43.9 Å². The first-order valence-electron chi connectivity index (χ1n) is 7.47. The lowest BCUT2D eigenvalue weighted by atomic mass is 9.97. The normalized spacial score (nSPS) is 16.7. The number of hydrogen-bond acceptors (Lipinski definition) is 2. The molecule has 124 valence electrons. The molecule has 1 saturated heterocycles. The van der Waals surface area contributed by atoms with Crippen LogP contribution in [0.4, 0.5) is 17.6 Å². The van der Waals surface area contributed by atoms with E-state index in [9.17, 15) is 17.6 Å². The maximum Gasteiger partial charge on any atom is 0.419 e. The molecule has 3 nitrogen and oxygen atoms in total. The lowest BCUT2D eigenvalue weighted by Crippen LogP contribution is -2.27. The van der Waals surface area contributed by atoms with Gasteiger partial charge in [0.1, 0.15) is 11.6 Å². The van der Waals surface area contributed by atoms with Gasteiger partial charge in [-0.05, 0) is 44.1 Å². The number of imidazole rings is 1. The van der Waals surface area contributed by atoms with Crippen LogP contribution in [0.2, 0.25) is 0 Å². The summed E-state index contributed by atoms with van der Waals surface area (Å²) in [5, 5.41) is 3.27. The summed E-state index contributed by atoms with van der Waals surface area (Å²) in [5.74, 6) is -0.118. The van der Waals surface area contributed by atoms with Crippen LogP contribution < -0.4 is 5.32 Å². The molecule has 0 bridgehead atoms. The van der Waals surface area contributed by atoms with Gasteiger partial charge in [0.05, 0.1) is 11.3 Å². The number of nitrogens with zero attached hydrogens (tertiary/aromatic N) is 2. The van der Waals surface area contributed by atoms with Crippen molar-refractivity contribution in [2.45, 2.75) is 24.9 Å². The Morgan fingerprint density at radius 1 is 1.22 bits per heavy atom. The Balaban J connectivity index is 1.96. The van der Waals surface area contributed by atoms with E-state index < -0.39 is 17.6 Å². The predicted octanol–water partition coefficient (Wildman–Crippen LogP) is 3.71. The Hall–Kier alpha value is -1.89. The van der Waals surface area contributed by atoms with Crippen LogP contribution in [-0.2, 0) is 13.2 Å². The molecule has 0 amide bonds. The van der Waals surface area contributed by atoms with Crippen LogP contribution in [0.5, 0.6) is 0 Å². The first-order valence-corrected chi connectivity index (χ1v) is 7.47. The third kappa shape index (κ3) is 3.24. The van der Waals surface area contributed by atoms with Crippen LogP contribution in [0.25, 0.3) is 11.3 Å². The zero-order chi connectivity index (χ0) is 16.6. The lowest BCUT2D eigenvalue weighted by molar-refractivity contribution is -0.139. The van der Waals surface area contributed by atoms with Crippen LogP contribution in [-0.4, -0.2) is 22.6 Å². The molecule has 3 rings (SSSR count). The SMILES string of the molecule is Cn1cc(-c2ccc(F)c(C(F)(F)F)c2)nc1C1CCNCC1. The minimum atomic E-state index is -4.72. The molecule has 2 aromatic rings. The second-order valence-electron chi connectivity index (χ2n) is 5.81. The van der Waals surface area contributed by atoms with Crippen molar-refractivity contribution in [1.29, 1.82) is 0 Å². The van der Waals surface area contributed by atoms with Gasteiger partial charge < -0.3 is 9.88 Å². The Morgan fingerprint density at radius 2 is 1.91 bits per heavy atom.